The van der Waals surface area contributed by atoms with Gasteiger partial charge >= 0.3 is 5.97 Å². The number of cyclic esters (lactones) is 1. The van der Waals surface area contributed by atoms with Gasteiger partial charge in [-0.25, -0.2) is 14.1 Å². The predicted octanol–water partition coefficient (Wildman–Crippen LogP) is 4.20. The van der Waals surface area contributed by atoms with E-state index in [4.69, 9.17) is 9.84 Å². The lowest BCUT2D eigenvalue weighted by molar-refractivity contribution is -0.160. The van der Waals surface area contributed by atoms with E-state index in [0.29, 0.717) is 25.1 Å². The number of nitrogens with zero attached hydrogens (tertiary/aromatic N) is 3. The van der Waals surface area contributed by atoms with E-state index >= 15 is 0 Å². The Labute approximate surface area is 180 Å². The molecule has 3 aromatic rings. The minimum absolute atomic E-state index is 0.0478. The van der Waals surface area contributed by atoms with E-state index in [1.165, 1.54) is 12.1 Å². The number of aliphatic hydroxyl groups excluding tert-OH is 1. The molecule has 1 aliphatic rings. The van der Waals surface area contributed by atoms with Crippen LogP contribution in [0.4, 0.5) is 4.39 Å². The maximum Gasteiger partial charge on any atom is 0.308 e. The number of hydrogen-bond donors (Lipinski definition) is 1. The molecule has 0 radical (unpaired) electrons. The van der Waals surface area contributed by atoms with Crippen LogP contribution in [-0.4, -0.2) is 38.0 Å². The van der Waals surface area contributed by atoms with Crippen molar-refractivity contribution in [2.45, 2.75) is 57.7 Å². The Morgan fingerprint density at radius 2 is 2.00 bits per heavy atom. The molecular formula is C24H26FN3O3. The maximum absolute atomic E-state index is 13.6. The Morgan fingerprint density at radius 1 is 1.23 bits per heavy atom. The van der Waals surface area contributed by atoms with E-state index in [-0.39, 0.29) is 30.2 Å². The number of carbonyl (C=O) groups excluding carboxylic acids is 1. The standard InChI is InChI=1S/C24H26FN3O3/c1-15(2)23-20(11-10-19-13-18(29)14-22(30)31-19)24(16-6-8-17(25)9-7-16)28(27-23)21-5-3-4-12-26-21/h3-9,12,15,18-19,29H,10-11,13-14H2,1-2H3. The van der Waals surface area contributed by atoms with Crippen LogP contribution in [0.1, 0.15) is 50.3 Å². The van der Waals surface area contributed by atoms with E-state index in [0.717, 1.165) is 22.5 Å². The van der Waals surface area contributed by atoms with Crippen molar-refractivity contribution in [3.63, 3.8) is 0 Å². The van der Waals surface area contributed by atoms with Gasteiger partial charge in [-0.2, -0.15) is 5.10 Å². The van der Waals surface area contributed by atoms with Gasteiger partial charge in [0, 0.05) is 23.7 Å². The largest absolute Gasteiger partial charge is 0.462 e. The van der Waals surface area contributed by atoms with E-state index in [2.05, 4.69) is 18.8 Å². The molecule has 7 heteroatoms. The molecule has 2 aromatic heterocycles. The first-order valence-electron chi connectivity index (χ1n) is 10.6. The van der Waals surface area contributed by atoms with Crippen molar-refractivity contribution in [1.82, 2.24) is 14.8 Å². The van der Waals surface area contributed by atoms with Crippen LogP contribution >= 0.6 is 0 Å². The number of esters is 1. The summed E-state index contributed by atoms with van der Waals surface area (Å²) in [4.78, 5) is 16.2. The van der Waals surface area contributed by atoms with Gasteiger partial charge < -0.3 is 9.84 Å². The van der Waals surface area contributed by atoms with Crippen molar-refractivity contribution in [3.05, 3.63) is 65.7 Å². The first-order valence-corrected chi connectivity index (χ1v) is 10.6. The summed E-state index contributed by atoms with van der Waals surface area (Å²) in [6, 6.07) is 12.0. The van der Waals surface area contributed by atoms with Crippen LogP contribution in [0.25, 0.3) is 17.1 Å². The highest BCUT2D eigenvalue weighted by Gasteiger charge is 2.29. The van der Waals surface area contributed by atoms with Crippen molar-refractivity contribution in [3.8, 4) is 17.1 Å². The summed E-state index contributed by atoms with van der Waals surface area (Å²) in [6.07, 6.45) is 2.37. The Balaban J connectivity index is 1.77. The van der Waals surface area contributed by atoms with Gasteiger partial charge in [-0.05, 0) is 55.2 Å². The van der Waals surface area contributed by atoms with Crippen molar-refractivity contribution in [2.75, 3.05) is 0 Å². The molecule has 0 saturated carbocycles. The highest BCUT2D eigenvalue weighted by molar-refractivity contribution is 5.71. The van der Waals surface area contributed by atoms with Crippen LogP contribution in [0.3, 0.4) is 0 Å². The molecule has 1 saturated heterocycles. The summed E-state index contributed by atoms with van der Waals surface area (Å²) in [7, 11) is 0. The third-order valence-corrected chi connectivity index (χ3v) is 5.50. The second kappa shape index (κ2) is 8.98. The minimum atomic E-state index is -0.663. The van der Waals surface area contributed by atoms with Crippen LogP contribution in [-0.2, 0) is 16.0 Å². The molecule has 6 nitrogen and oxygen atoms in total. The number of carbonyl (C=O) groups is 1. The van der Waals surface area contributed by atoms with Crippen molar-refractivity contribution in [1.29, 1.82) is 0 Å². The lowest BCUT2D eigenvalue weighted by Gasteiger charge is -2.26. The molecule has 1 aromatic carbocycles. The molecule has 2 atom stereocenters. The number of aliphatic hydroxyl groups is 1. The minimum Gasteiger partial charge on any atom is -0.462 e. The number of benzene rings is 1. The molecule has 1 N–H and O–H groups in total. The molecule has 1 fully saturated rings. The molecule has 3 heterocycles. The lowest BCUT2D eigenvalue weighted by Crippen LogP contribution is -2.32. The summed E-state index contributed by atoms with van der Waals surface area (Å²) in [5, 5.41) is 14.8. The fourth-order valence-electron chi connectivity index (χ4n) is 4.07. The Morgan fingerprint density at radius 3 is 2.65 bits per heavy atom. The zero-order chi connectivity index (χ0) is 22.0. The molecule has 0 bridgehead atoms. The third kappa shape index (κ3) is 4.66. The number of pyridine rings is 1. The van der Waals surface area contributed by atoms with E-state index in [1.807, 2.05) is 18.2 Å². The molecule has 2 unspecified atom stereocenters. The zero-order valence-corrected chi connectivity index (χ0v) is 17.7. The van der Waals surface area contributed by atoms with Crippen LogP contribution in [0.5, 0.6) is 0 Å². The van der Waals surface area contributed by atoms with E-state index < -0.39 is 6.10 Å². The SMILES string of the molecule is CC(C)c1nn(-c2ccccn2)c(-c2ccc(F)cc2)c1CCC1CC(O)CC(=O)O1. The van der Waals surface area contributed by atoms with Gasteiger partial charge in [-0.15, -0.1) is 0 Å². The van der Waals surface area contributed by atoms with Gasteiger partial charge in [-0.3, -0.25) is 4.79 Å². The normalized spacial score (nSPS) is 18.9. The summed E-state index contributed by atoms with van der Waals surface area (Å²) in [6.45, 7) is 4.15. The summed E-state index contributed by atoms with van der Waals surface area (Å²) in [5.74, 6) is 0.158. The average Bonchev–Trinajstić information content (AvgIpc) is 3.12. The highest BCUT2D eigenvalue weighted by atomic mass is 19.1. The maximum atomic E-state index is 13.6. The van der Waals surface area contributed by atoms with E-state index in [9.17, 15) is 14.3 Å². The van der Waals surface area contributed by atoms with Crippen LogP contribution in [0.2, 0.25) is 0 Å². The molecule has 4 rings (SSSR count). The van der Waals surface area contributed by atoms with Crippen molar-refractivity contribution >= 4 is 5.97 Å². The third-order valence-electron chi connectivity index (χ3n) is 5.50. The summed E-state index contributed by atoms with van der Waals surface area (Å²) >= 11 is 0. The predicted molar refractivity (Wildman–Crippen MR) is 114 cm³/mol. The van der Waals surface area contributed by atoms with Gasteiger partial charge in [0.1, 0.15) is 11.9 Å². The van der Waals surface area contributed by atoms with E-state index in [1.54, 1.807) is 23.0 Å². The first-order chi connectivity index (χ1) is 14.9. The van der Waals surface area contributed by atoms with Crippen LogP contribution in [0.15, 0.2) is 48.7 Å². The second-order valence-electron chi connectivity index (χ2n) is 8.22. The number of rotatable bonds is 6. The monoisotopic (exact) mass is 423 g/mol. The number of ether oxygens (including phenoxy) is 1. The molecule has 1 aliphatic heterocycles. The quantitative estimate of drug-likeness (QED) is 0.602. The molecule has 0 aliphatic carbocycles. The molecular weight excluding hydrogens is 397 g/mol. The highest BCUT2D eigenvalue weighted by Crippen LogP contribution is 2.34. The zero-order valence-electron chi connectivity index (χ0n) is 17.7. The molecule has 162 valence electrons. The molecule has 0 spiro atoms. The van der Waals surface area contributed by atoms with Gasteiger partial charge in [0.15, 0.2) is 5.82 Å². The lowest BCUT2D eigenvalue weighted by atomic mass is 9.93. The average molecular weight is 423 g/mol. The van der Waals surface area contributed by atoms with Gasteiger partial charge in [-0.1, -0.05) is 19.9 Å². The Bertz CT molecular complexity index is 1050. The summed E-state index contributed by atoms with van der Waals surface area (Å²) < 4.78 is 20.9. The number of aromatic nitrogens is 3. The molecule has 31 heavy (non-hydrogen) atoms. The second-order valence-corrected chi connectivity index (χ2v) is 8.22. The Kier molecular flexibility index (Phi) is 6.13. The first kappa shape index (κ1) is 21.2. The fourth-order valence-corrected chi connectivity index (χ4v) is 4.07. The van der Waals surface area contributed by atoms with Gasteiger partial charge in [0.05, 0.1) is 23.9 Å². The topological polar surface area (TPSA) is 77.2 Å². The number of hydrogen-bond acceptors (Lipinski definition) is 5. The van der Waals surface area contributed by atoms with Crippen LogP contribution < -0.4 is 0 Å². The smallest absolute Gasteiger partial charge is 0.308 e. The number of halogens is 1. The van der Waals surface area contributed by atoms with Gasteiger partial charge in [0.2, 0.25) is 0 Å². The fraction of sp³-hybridized carbons (Fsp3) is 0.375. The van der Waals surface area contributed by atoms with Gasteiger partial charge in [0.25, 0.3) is 0 Å². The molecule has 0 amide bonds. The van der Waals surface area contributed by atoms with Crippen molar-refractivity contribution < 1.29 is 19.0 Å². The Hall–Kier alpha value is -3.06. The van der Waals surface area contributed by atoms with Crippen LogP contribution in [0, 0.1) is 5.82 Å². The summed E-state index contributed by atoms with van der Waals surface area (Å²) in [5.41, 5.74) is 3.63. The van der Waals surface area contributed by atoms with Crippen molar-refractivity contribution in [2.24, 2.45) is 0 Å².